The second-order valence-corrected chi connectivity index (χ2v) is 6.42. The van der Waals surface area contributed by atoms with E-state index < -0.39 is 46.7 Å². The quantitative estimate of drug-likeness (QED) is 0.703. The van der Waals surface area contributed by atoms with Crippen LogP contribution in [0.15, 0.2) is 34.9 Å². The molecule has 150 valence electrons. The highest BCUT2D eigenvalue weighted by Crippen LogP contribution is 2.21. The van der Waals surface area contributed by atoms with Gasteiger partial charge in [0.05, 0.1) is 24.6 Å². The summed E-state index contributed by atoms with van der Waals surface area (Å²) in [7, 11) is 1.17. The van der Waals surface area contributed by atoms with Crippen molar-refractivity contribution in [3.05, 3.63) is 53.5 Å². The Labute approximate surface area is 160 Å². The third-order valence-corrected chi connectivity index (χ3v) is 3.79. The molecule has 0 aliphatic carbocycles. The summed E-state index contributed by atoms with van der Waals surface area (Å²) in [6.07, 6.45) is 1.53. The first kappa shape index (κ1) is 21.1. The maximum absolute atomic E-state index is 14.1. The number of ether oxygens (including phenoxy) is 1. The molecule has 0 bridgehead atoms. The van der Waals surface area contributed by atoms with Crippen molar-refractivity contribution in [2.75, 3.05) is 12.4 Å². The summed E-state index contributed by atoms with van der Waals surface area (Å²) in [4.78, 5) is 36.3. The smallest absolute Gasteiger partial charge is 0.328 e. The third kappa shape index (κ3) is 5.15. The molecule has 2 N–H and O–H groups in total. The van der Waals surface area contributed by atoms with E-state index in [2.05, 4.69) is 15.4 Å². The molecule has 28 heavy (non-hydrogen) atoms. The molecule has 2 rings (SSSR count). The van der Waals surface area contributed by atoms with Gasteiger partial charge in [0.2, 0.25) is 0 Å². The van der Waals surface area contributed by atoms with Gasteiger partial charge in [-0.15, -0.1) is 0 Å². The van der Waals surface area contributed by atoms with Crippen LogP contribution in [0.2, 0.25) is 0 Å². The number of methoxy groups -OCH3 is 1. The number of carbonyl (C=O) groups is 3. The average Bonchev–Trinajstić information content (AvgIpc) is 3.17. The zero-order valence-electron chi connectivity index (χ0n) is 15.5. The number of benzene rings is 1. The Balaban J connectivity index is 2.25. The molecule has 0 radical (unpaired) electrons. The fraction of sp³-hybridized carbons (Fsp3) is 0.316. The van der Waals surface area contributed by atoms with Gasteiger partial charge in [0, 0.05) is 6.07 Å². The van der Waals surface area contributed by atoms with Crippen molar-refractivity contribution in [2.24, 2.45) is 5.92 Å². The number of hydrogen-bond donors (Lipinski definition) is 2. The van der Waals surface area contributed by atoms with E-state index in [-0.39, 0.29) is 18.1 Å². The molecule has 2 amide bonds. The lowest BCUT2D eigenvalue weighted by Gasteiger charge is -2.19. The molecule has 2 aromatic rings. The summed E-state index contributed by atoms with van der Waals surface area (Å²) in [6.45, 7) is 3.67. The molecule has 9 heteroatoms. The number of amides is 2. The summed E-state index contributed by atoms with van der Waals surface area (Å²) in [5, 5.41) is 4.59. The second kappa shape index (κ2) is 9.12. The first-order valence-corrected chi connectivity index (χ1v) is 8.45. The van der Waals surface area contributed by atoms with E-state index in [0.717, 1.165) is 6.07 Å². The minimum Gasteiger partial charge on any atom is -0.467 e. The van der Waals surface area contributed by atoms with Gasteiger partial charge in [0.15, 0.2) is 5.76 Å². The minimum absolute atomic E-state index is 0.0469. The molecule has 1 heterocycles. The Kier molecular flexibility index (Phi) is 6.86. The van der Waals surface area contributed by atoms with Crippen molar-refractivity contribution >= 4 is 23.5 Å². The number of carbonyl (C=O) groups excluding carboxylic acids is 3. The first-order valence-electron chi connectivity index (χ1n) is 8.45. The molecule has 0 unspecified atom stereocenters. The van der Waals surface area contributed by atoms with Crippen molar-refractivity contribution in [1.82, 2.24) is 5.32 Å². The van der Waals surface area contributed by atoms with E-state index >= 15 is 0 Å². The Morgan fingerprint density at radius 3 is 2.43 bits per heavy atom. The van der Waals surface area contributed by atoms with Crippen LogP contribution in [0.5, 0.6) is 0 Å². The van der Waals surface area contributed by atoms with Gasteiger partial charge in [-0.25, -0.2) is 13.6 Å². The number of rotatable bonds is 7. The fourth-order valence-corrected chi connectivity index (χ4v) is 2.47. The topological polar surface area (TPSA) is 97.6 Å². The Bertz CT molecular complexity index is 865. The number of nitrogens with one attached hydrogen (secondary N) is 2. The maximum Gasteiger partial charge on any atom is 0.328 e. The van der Waals surface area contributed by atoms with Crippen LogP contribution in [-0.4, -0.2) is 30.9 Å². The molecule has 1 aromatic heterocycles. The largest absolute Gasteiger partial charge is 0.467 e. The van der Waals surface area contributed by atoms with Gasteiger partial charge in [0.25, 0.3) is 11.8 Å². The van der Waals surface area contributed by atoms with Crippen molar-refractivity contribution in [1.29, 1.82) is 0 Å². The van der Waals surface area contributed by atoms with Gasteiger partial charge in [-0.05, 0) is 30.5 Å². The Hall–Kier alpha value is -3.23. The number of hydrogen-bond acceptors (Lipinski definition) is 5. The maximum atomic E-state index is 14.1. The fourth-order valence-electron chi connectivity index (χ4n) is 2.47. The monoisotopic (exact) mass is 394 g/mol. The molecule has 0 aliphatic heterocycles. The molecule has 0 saturated carbocycles. The van der Waals surface area contributed by atoms with E-state index in [1.807, 2.05) is 13.8 Å². The minimum atomic E-state index is -1.14. The molecular formula is C19H20F2N2O5. The van der Waals surface area contributed by atoms with E-state index in [0.29, 0.717) is 6.07 Å². The Morgan fingerprint density at radius 2 is 1.86 bits per heavy atom. The molecule has 7 nitrogen and oxygen atoms in total. The first-order chi connectivity index (χ1) is 13.2. The number of halogens is 2. The molecule has 0 fully saturated rings. The van der Waals surface area contributed by atoms with Gasteiger partial charge >= 0.3 is 5.97 Å². The zero-order chi connectivity index (χ0) is 20.8. The number of anilines is 1. The molecule has 0 aliphatic rings. The SMILES string of the molecule is COC(=O)[C@H](CC(C)C)NC(=O)c1cc(NC(=O)c2ccco2)c(F)cc1F. The highest BCUT2D eigenvalue weighted by atomic mass is 19.1. The van der Waals surface area contributed by atoms with Crippen LogP contribution in [-0.2, 0) is 9.53 Å². The van der Waals surface area contributed by atoms with Crippen LogP contribution in [0, 0.1) is 17.6 Å². The average molecular weight is 394 g/mol. The van der Waals surface area contributed by atoms with Gasteiger partial charge in [0.1, 0.15) is 17.7 Å². The van der Waals surface area contributed by atoms with Gasteiger partial charge in [-0.1, -0.05) is 13.8 Å². The van der Waals surface area contributed by atoms with Crippen molar-refractivity contribution in [3.8, 4) is 0 Å². The summed E-state index contributed by atoms with van der Waals surface area (Å²) >= 11 is 0. The summed E-state index contributed by atoms with van der Waals surface area (Å²) < 4.78 is 37.7. The Morgan fingerprint density at radius 1 is 1.14 bits per heavy atom. The number of esters is 1. The van der Waals surface area contributed by atoms with Gasteiger partial charge in [-0.2, -0.15) is 0 Å². The van der Waals surface area contributed by atoms with Crippen LogP contribution in [0.4, 0.5) is 14.5 Å². The highest BCUT2D eigenvalue weighted by Gasteiger charge is 2.25. The van der Waals surface area contributed by atoms with Gasteiger partial charge < -0.3 is 19.8 Å². The van der Waals surface area contributed by atoms with Crippen molar-refractivity contribution < 1.29 is 32.3 Å². The van der Waals surface area contributed by atoms with Crippen LogP contribution in [0.25, 0.3) is 0 Å². The molecule has 1 aromatic carbocycles. The molecule has 0 saturated heterocycles. The summed E-state index contributed by atoms with van der Waals surface area (Å²) in [6, 6.07) is 3.16. The lowest BCUT2D eigenvalue weighted by atomic mass is 10.0. The highest BCUT2D eigenvalue weighted by molar-refractivity contribution is 6.03. The molecule has 0 spiro atoms. The molecule has 1 atom stereocenters. The van der Waals surface area contributed by atoms with E-state index in [4.69, 9.17) is 4.42 Å². The molecular weight excluding hydrogens is 374 g/mol. The van der Waals surface area contributed by atoms with E-state index in [1.165, 1.54) is 25.5 Å². The van der Waals surface area contributed by atoms with Crippen molar-refractivity contribution in [3.63, 3.8) is 0 Å². The lowest BCUT2D eigenvalue weighted by Crippen LogP contribution is -2.42. The van der Waals surface area contributed by atoms with Crippen LogP contribution >= 0.6 is 0 Å². The normalized spacial score (nSPS) is 11.8. The third-order valence-electron chi connectivity index (χ3n) is 3.79. The predicted octanol–water partition coefficient (Wildman–Crippen LogP) is 3.13. The van der Waals surface area contributed by atoms with E-state index in [1.54, 1.807) is 0 Å². The second-order valence-electron chi connectivity index (χ2n) is 6.42. The summed E-state index contributed by atoms with van der Waals surface area (Å²) in [5.74, 6) is -4.64. The van der Waals surface area contributed by atoms with Crippen molar-refractivity contribution in [2.45, 2.75) is 26.3 Å². The lowest BCUT2D eigenvalue weighted by molar-refractivity contribution is -0.143. The van der Waals surface area contributed by atoms with Crippen LogP contribution < -0.4 is 10.6 Å². The van der Waals surface area contributed by atoms with Crippen LogP contribution in [0.3, 0.4) is 0 Å². The number of furan rings is 1. The zero-order valence-corrected chi connectivity index (χ0v) is 15.5. The van der Waals surface area contributed by atoms with E-state index in [9.17, 15) is 23.2 Å². The standard InChI is InChI=1S/C19H20F2N2O5/c1-10(2)7-15(19(26)27-3)23-17(24)11-8-14(13(21)9-12(11)20)22-18(25)16-5-4-6-28-16/h4-6,8-10,15H,7H2,1-3H3,(H,22,25)(H,23,24)/t15-/m0/s1. The predicted molar refractivity (Wildman–Crippen MR) is 95.7 cm³/mol. The van der Waals surface area contributed by atoms with Crippen LogP contribution in [0.1, 0.15) is 41.2 Å². The summed E-state index contributed by atoms with van der Waals surface area (Å²) in [5.41, 5.74) is -0.944. The van der Waals surface area contributed by atoms with Gasteiger partial charge in [-0.3, -0.25) is 9.59 Å².